The first kappa shape index (κ1) is 22.0. The standard InChI is InChI=1S/C21H25ClFNO4S/c1-15-4-2-5-18(10-15)28-13-17(25)11-24(16-8-9-29(26,27)14-16)12-19-20(22)6-3-7-21(19)23/h2-7,10,16-17,25H,8-9,11-14H2,1H3. The molecule has 29 heavy (non-hydrogen) atoms. The Morgan fingerprint density at radius 1 is 1.31 bits per heavy atom. The highest BCUT2D eigenvalue weighted by molar-refractivity contribution is 7.91. The van der Waals surface area contributed by atoms with Gasteiger partial charge in [-0.25, -0.2) is 12.8 Å². The van der Waals surface area contributed by atoms with Crippen molar-refractivity contribution < 1.29 is 22.7 Å². The van der Waals surface area contributed by atoms with Gasteiger partial charge in [0.25, 0.3) is 0 Å². The second-order valence-electron chi connectivity index (χ2n) is 7.47. The SMILES string of the molecule is Cc1cccc(OCC(O)CN(Cc2c(F)cccc2Cl)C2CCS(=O)(=O)C2)c1. The zero-order chi connectivity index (χ0) is 21.0. The summed E-state index contributed by atoms with van der Waals surface area (Å²) in [5, 5.41) is 10.8. The van der Waals surface area contributed by atoms with Crippen molar-refractivity contribution in [3.05, 3.63) is 64.4 Å². The molecule has 2 unspecified atom stereocenters. The fourth-order valence-corrected chi connectivity index (χ4v) is 5.50. The van der Waals surface area contributed by atoms with Crippen LogP contribution >= 0.6 is 11.6 Å². The highest BCUT2D eigenvalue weighted by Crippen LogP contribution is 2.25. The number of aryl methyl sites for hydroxylation is 1. The topological polar surface area (TPSA) is 66.8 Å². The molecular weight excluding hydrogens is 417 g/mol. The van der Waals surface area contributed by atoms with Crippen LogP contribution in [0.4, 0.5) is 4.39 Å². The largest absolute Gasteiger partial charge is 0.491 e. The van der Waals surface area contributed by atoms with Crippen LogP contribution in [0.2, 0.25) is 5.02 Å². The molecule has 1 heterocycles. The Morgan fingerprint density at radius 3 is 2.72 bits per heavy atom. The molecule has 1 fully saturated rings. The van der Waals surface area contributed by atoms with Crippen molar-refractivity contribution in [1.29, 1.82) is 0 Å². The number of aliphatic hydroxyl groups is 1. The van der Waals surface area contributed by atoms with E-state index in [9.17, 15) is 17.9 Å². The molecule has 0 saturated carbocycles. The average Bonchev–Trinajstić information content (AvgIpc) is 3.02. The Morgan fingerprint density at radius 2 is 2.07 bits per heavy atom. The molecule has 2 aromatic carbocycles. The summed E-state index contributed by atoms with van der Waals surface area (Å²) in [5.74, 6) is 0.282. The fraction of sp³-hybridized carbons (Fsp3) is 0.429. The van der Waals surface area contributed by atoms with Gasteiger partial charge in [0, 0.05) is 29.7 Å². The third kappa shape index (κ3) is 6.15. The number of aliphatic hydroxyl groups excluding tert-OH is 1. The second-order valence-corrected chi connectivity index (χ2v) is 10.1. The van der Waals surface area contributed by atoms with Gasteiger partial charge in [0.05, 0.1) is 11.5 Å². The first-order valence-electron chi connectivity index (χ1n) is 9.48. The Hall–Kier alpha value is -1.67. The molecule has 1 aliphatic rings. The molecule has 3 rings (SSSR count). The molecule has 2 aromatic rings. The van der Waals surface area contributed by atoms with E-state index in [0.717, 1.165) is 5.56 Å². The van der Waals surface area contributed by atoms with E-state index in [1.54, 1.807) is 17.0 Å². The van der Waals surface area contributed by atoms with E-state index in [4.69, 9.17) is 16.3 Å². The lowest BCUT2D eigenvalue weighted by molar-refractivity contribution is 0.0520. The molecule has 1 saturated heterocycles. The fourth-order valence-electron chi connectivity index (χ4n) is 3.51. The number of hydrogen-bond donors (Lipinski definition) is 1. The van der Waals surface area contributed by atoms with Gasteiger partial charge in [0.2, 0.25) is 0 Å². The third-order valence-corrected chi connectivity index (χ3v) is 7.13. The Bertz CT molecular complexity index is 933. The molecule has 1 N–H and O–H groups in total. The zero-order valence-corrected chi connectivity index (χ0v) is 17.8. The summed E-state index contributed by atoms with van der Waals surface area (Å²) in [6.07, 6.45) is -0.427. The number of nitrogens with zero attached hydrogens (tertiary/aromatic N) is 1. The summed E-state index contributed by atoms with van der Waals surface area (Å²) in [5.41, 5.74) is 1.34. The van der Waals surface area contributed by atoms with Crippen LogP contribution < -0.4 is 4.74 Å². The van der Waals surface area contributed by atoms with E-state index in [1.807, 2.05) is 25.1 Å². The molecular formula is C21H25ClFNO4S. The van der Waals surface area contributed by atoms with Gasteiger partial charge >= 0.3 is 0 Å². The average molecular weight is 442 g/mol. The Balaban J connectivity index is 1.70. The number of sulfone groups is 1. The summed E-state index contributed by atoms with van der Waals surface area (Å²) in [6.45, 7) is 2.26. The lowest BCUT2D eigenvalue weighted by Gasteiger charge is -2.30. The zero-order valence-electron chi connectivity index (χ0n) is 16.2. The lowest BCUT2D eigenvalue weighted by Crippen LogP contribution is -2.42. The number of halogens is 2. The van der Waals surface area contributed by atoms with Crippen molar-refractivity contribution in [2.75, 3.05) is 24.7 Å². The summed E-state index contributed by atoms with van der Waals surface area (Å²) < 4.78 is 43.8. The minimum Gasteiger partial charge on any atom is -0.491 e. The van der Waals surface area contributed by atoms with Gasteiger partial charge in [-0.05, 0) is 43.2 Å². The normalized spacial score (nSPS) is 19.4. The van der Waals surface area contributed by atoms with Crippen LogP contribution in [-0.4, -0.2) is 55.2 Å². The van der Waals surface area contributed by atoms with E-state index in [0.29, 0.717) is 17.7 Å². The molecule has 0 amide bonds. The van der Waals surface area contributed by atoms with Crippen LogP contribution in [0.5, 0.6) is 5.75 Å². The maximum Gasteiger partial charge on any atom is 0.151 e. The van der Waals surface area contributed by atoms with Crippen LogP contribution in [0.15, 0.2) is 42.5 Å². The second kappa shape index (κ2) is 9.43. The summed E-state index contributed by atoms with van der Waals surface area (Å²) in [4.78, 5) is 1.79. The van der Waals surface area contributed by atoms with Crippen molar-refractivity contribution in [2.45, 2.75) is 32.0 Å². The predicted molar refractivity (Wildman–Crippen MR) is 112 cm³/mol. The Labute approximate surface area is 176 Å². The minimum atomic E-state index is -3.13. The van der Waals surface area contributed by atoms with E-state index < -0.39 is 21.8 Å². The molecule has 0 aliphatic carbocycles. The molecule has 158 valence electrons. The van der Waals surface area contributed by atoms with Crippen LogP contribution in [0.1, 0.15) is 17.5 Å². The van der Waals surface area contributed by atoms with Crippen molar-refractivity contribution >= 4 is 21.4 Å². The molecule has 1 aliphatic heterocycles. The molecule has 0 radical (unpaired) electrons. The smallest absolute Gasteiger partial charge is 0.151 e. The van der Waals surface area contributed by atoms with Gasteiger partial charge in [-0.2, -0.15) is 0 Å². The van der Waals surface area contributed by atoms with Crippen LogP contribution in [-0.2, 0) is 16.4 Å². The van der Waals surface area contributed by atoms with Gasteiger partial charge in [-0.15, -0.1) is 0 Å². The Kier molecular flexibility index (Phi) is 7.16. The maximum atomic E-state index is 14.3. The number of rotatable bonds is 8. The molecule has 0 bridgehead atoms. The van der Waals surface area contributed by atoms with Gasteiger partial charge in [-0.1, -0.05) is 29.8 Å². The van der Waals surface area contributed by atoms with E-state index in [-0.39, 0.29) is 42.3 Å². The van der Waals surface area contributed by atoms with Crippen LogP contribution in [0, 0.1) is 12.7 Å². The molecule has 5 nitrogen and oxygen atoms in total. The minimum absolute atomic E-state index is 0.00940. The van der Waals surface area contributed by atoms with Crippen LogP contribution in [0.3, 0.4) is 0 Å². The molecule has 0 spiro atoms. The summed E-state index contributed by atoms with van der Waals surface area (Å²) >= 11 is 6.16. The quantitative estimate of drug-likeness (QED) is 0.681. The summed E-state index contributed by atoms with van der Waals surface area (Å²) in [7, 11) is -3.13. The molecule has 0 aromatic heterocycles. The van der Waals surface area contributed by atoms with E-state index in [2.05, 4.69) is 0 Å². The van der Waals surface area contributed by atoms with E-state index >= 15 is 0 Å². The van der Waals surface area contributed by atoms with Gasteiger partial charge in [0.15, 0.2) is 9.84 Å². The van der Waals surface area contributed by atoms with Crippen molar-refractivity contribution in [2.24, 2.45) is 0 Å². The highest BCUT2D eigenvalue weighted by atomic mass is 35.5. The molecule has 2 atom stereocenters. The lowest BCUT2D eigenvalue weighted by atomic mass is 10.1. The maximum absolute atomic E-state index is 14.3. The van der Waals surface area contributed by atoms with Gasteiger partial charge in [0.1, 0.15) is 24.3 Å². The van der Waals surface area contributed by atoms with Crippen LogP contribution in [0.25, 0.3) is 0 Å². The monoisotopic (exact) mass is 441 g/mol. The predicted octanol–water partition coefficient (Wildman–Crippen LogP) is 3.22. The number of benzene rings is 2. The summed E-state index contributed by atoms with van der Waals surface area (Å²) in [6, 6.07) is 11.6. The van der Waals surface area contributed by atoms with Crippen molar-refractivity contribution in [3.63, 3.8) is 0 Å². The number of hydrogen-bond acceptors (Lipinski definition) is 5. The third-order valence-electron chi connectivity index (χ3n) is 5.02. The van der Waals surface area contributed by atoms with Gasteiger partial charge < -0.3 is 9.84 Å². The molecule has 8 heteroatoms. The van der Waals surface area contributed by atoms with E-state index in [1.165, 1.54) is 12.1 Å². The highest BCUT2D eigenvalue weighted by Gasteiger charge is 2.33. The number of ether oxygens (including phenoxy) is 1. The first-order valence-corrected chi connectivity index (χ1v) is 11.7. The van der Waals surface area contributed by atoms with Crippen molar-refractivity contribution in [1.82, 2.24) is 4.90 Å². The van der Waals surface area contributed by atoms with Crippen molar-refractivity contribution in [3.8, 4) is 5.75 Å². The van der Waals surface area contributed by atoms with Gasteiger partial charge in [-0.3, -0.25) is 4.90 Å². The first-order chi connectivity index (χ1) is 13.7.